The molecule has 3 aliphatic rings. The van der Waals surface area contributed by atoms with Gasteiger partial charge in [0.2, 0.25) is 11.8 Å². The molecule has 200 valence electrons. The number of ether oxygens (including phenoxy) is 1. The molecule has 0 aromatic carbocycles. The zero-order chi connectivity index (χ0) is 26.3. The molecule has 0 bridgehead atoms. The van der Waals surface area contributed by atoms with E-state index in [0.717, 1.165) is 31.6 Å². The number of carbonyl (C=O) groups excluding carboxylic acids is 1. The molecule has 11 heteroatoms. The number of pyridine rings is 2. The highest BCUT2D eigenvalue weighted by Gasteiger charge is 2.49. The van der Waals surface area contributed by atoms with Crippen molar-refractivity contribution < 1.29 is 18.3 Å². The number of amides is 1. The van der Waals surface area contributed by atoms with Crippen LogP contribution in [0.25, 0.3) is 5.65 Å². The van der Waals surface area contributed by atoms with Crippen LogP contribution in [0, 0.1) is 5.92 Å². The van der Waals surface area contributed by atoms with Crippen LogP contribution in [0.2, 0.25) is 0 Å². The van der Waals surface area contributed by atoms with Gasteiger partial charge in [0.25, 0.3) is 5.56 Å². The molecule has 0 unspecified atom stereocenters. The van der Waals surface area contributed by atoms with Gasteiger partial charge < -0.3 is 20.3 Å². The summed E-state index contributed by atoms with van der Waals surface area (Å²) in [4.78, 5) is 37.0. The Balaban J connectivity index is 1.11. The van der Waals surface area contributed by atoms with E-state index >= 15 is 0 Å². The lowest BCUT2D eigenvalue weighted by Crippen LogP contribution is -2.56. The number of nitrogens with zero attached hydrogens (tertiary/aromatic N) is 4. The van der Waals surface area contributed by atoms with Crippen LogP contribution in [-0.2, 0) is 14.9 Å². The predicted molar refractivity (Wildman–Crippen MR) is 138 cm³/mol. The third-order valence-corrected chi connectivity index (χ3v) is 7.84. The first-order valence-electron chi connectivity index (χ1n) is 13.0. The molecule has 38 heavy (non-hydrogen) atoms. The van der Waals surface area contributed by atoms with E-state index in [-0.39, 0.29) is 55.3 Å². The topological polar surface area (TPSA) is 101 Å². The summed E-state index contributed by atoms with van der Waals surface area (Å²) in [5.74, 6) is -2.56. The number of fused-ring (bicyclic) bond motifs is 1. The van der Waals surface area contributed by atoms with Gasteiger partial charge in [0.05, 0.1) is 30.8 Å². The minimum atomic E-state index is -2.48. The van der Waals surface area contributed by atoms with Crippen molar-refractivity contribution in [3.05, 3.63) is 64.8 Å². The molecule has 3 fully saturated rings. The SMILES string of the molecule is O=C(Nc1cc(=O)n2ccccc2n1)C1(c2ccc(N3CCC[C@@H](NCC4CC(F)(F)C4)C3)cn2)COC1. The van der Waals surface area contributed by atoms with Crippen LogP contribution in [0.5, 0.6) is 0 Å². The van der Waals surface area contributed by atoms with E-state index in [1.165, 1.54) is 10.5 Å². The monoisotopic (exact) mass is 524 g/mol. The van der Waals surface area contributed by atoms with Crippen LogP contribution in [0.15, 0.2) is 53.6 Å². The Kier molecular flexibility index (Phi) is 6.35. The molecule has 1 saturated carbocycles. The van der Waals surface area contributed by atoms with Gasteiger partial charge in [0.1, 0.15) is 16.9 Å². The Labute approximate surface area is 218 Å². The molecule has 2 aliphatic heterocycles. The van der Waals surface area contributed by atoms with E-state index in [1.54, 1.807) is 30.6 Å². The lowest BCUT2D eigenvalue weighted by Gasteiger charge is -2.40. The number of hydrogen-bond acceptors (Lipinski definition) is 7. The van der Waals surface area contributed by atoms with E-state index in [9.17, 15) is 18.4 Å². The molecule has 3 aromatic heterocycles. The van der Waals surface area contributed by atoms with Crippen molar-refractivity contribution in [2.45, 2.75) is 43.1 Å². The molecule has 1 amide bonds. The minimum Gasteiger partial charge on any atom is -0.378 e. The fourth-order valence-corrected chi connectivity index (χ4v) is 5.55. The molecular formula is C27H30F2N6O3. The Morgan fingerprint density at radius 2 is 2.03 bits per heavy atom. The maximum absolute atomic E-state index is 13.3. The second kappa shape index (κ2) is 9.70. The van der Waals surface area contributed by atoms with Gasteiger partial charge in [-0.25, -0.2) is 13.8 Å². The quantitative estimate of drug-likeness (QED) is 0.490. The summed E-state index contributed by atoms with van der Waals surface area (Å²) < 4.78 is 33.1. The van der Waals surface area contributed by atoms with Crippen LogP contribution < -0.4 is 21.1 Å². The van der Waals surface area contributed by atoms with Crippen molar-refractivity contribution in [2.75, 3.05) is 43.1 Å². The number of aromatic nitrogens is 3. The van der Waals surface area contributed by atoms with Gasteiger partial charge in [0.15, 0.2) is 0 Å². The number of piperidine rings is 1. The number of nitrogens with one attached hydrogen (secondary N) is 2. The minimum absolute atomic E-state index is 0.0190. The van der Waals surface area contributed by atoms with E-state index in [0.29, 0.717) is 17.9 Å². The number of carbonyl (C=O) groups is 1. The van der Waals surface area contributed by atoms with Crippen molar-refractivity contribution in [1.29, 1.82) is 0 Å². The normalized spacial score (nSPS) is 22.5. The Bertz CT molecular complexity index is 1380. The number of alkyl halides is 2. The van der Waals surface area contributed by atoms with Gasteiger partial charge in [0, 0.05) is 44.2 Å². The van der Waals surface area contributed by atoms with Crippen LogP contribution in [0.1, 0.15) is 31.4 Å². The summed E-state index contributed by atoms with van der Waals surface area (Å²) in [6.07, 6.45) is 5.37. The van der Waals surface area contributed by atoms with Crippen LogP contribution in [0.3, 0.4) is 0 Å². The highest BCUT2D eigenvalue weighted by molar-refractivity contribution is 5.99. The summed E-state index contributed by atoms with van der Waals surface area (Å²) >= 11 is 0. The second-order valence-electron chi connectivity index (χ2n) is 10.7. The average molecular weight is 525 g/mol. The highest BCUT2D eigenvalue weighted by atomic mass is 19.3. The van der Waals surface area contributed by atoms with Crippen LogP contribution in [0.4, 0.5) is 20.3 Å². The molecule has 2 saturated heterocycles. The third-order valence-electron chi connectivity index (χ3n) is 7.84. The first kappa shape index (κ1) is 24.9. The molecular weight excluding hydrogens is 494 g/mol. The molecule has 3 aromatic rings. The Morgan fingerprint density at radius 3 is 2.74 bits per heavy atom. The van der Waals surface area contributed by atoms with Crippen molar-refractivity contribution in [1.82, 2.24) is 19.7 Å². The summed E-state index contributed by atoms with van der Waals surface area (Å²) in [6, 6.07) is 10.6. The molecule has 6 rings (SSSR count). The van der Waals surface area contributed by atoms with Crippen molar-refractivity contribution in [3.63, 3.8) is 0 Å². The van der Waals surface area contributed by atoms with Gasteiger partial charge >= 0.3 is 0 Å². The van der Waals surface area contributed by atoms with Gasteiger partial charge in [-0.15, -0.1) is 0 Å². The first-order chi connectivity index (χ1) is 18.3. The molecule has 0 spiro atoms. The number of hydrogen-bond donors (Lipinski definition) is 2. The maximum Gasteiger partial charge on any atom is 0.259 e. The van der Waals surface area contributed by atoms with E-state index < -0.39 is 11.3 Å². The van der Waals surface area contributed by atoms with Gasteiger partial charge in [-0.05, 0) is 49.6 Å². The fourth-order valence-electron chi connectivity index (χ4n) is 5.55. The van der Waals surface area contributed by atoms with Crippen molar-refractivity contribution >= 4 is 23.1 Å². The third kappa shape index (κ3) is 4.76. The van der Waals surface area contributed by atoms with Crippen molar-refractivity contribution in [3.8, 4) is 0 Å². The summed E-state index contributed by atoms with van der Waals surface area (Å²) in [5, 5.41) is 6.26. The lowest BCUT2D eigenvalue weighted by molar-refractivity contribution is -0.140. The largest absolute Gasteiger partial charge is 0.378 e. The number of rotatable bonds is 7. The van der Waals surface area contributed by atoms with Crippen LogP contribution >= 0.6 is 0 Å². The summed E-state index contributed by atoms with van der Waals surface area (Å²) in [7, 11) is 0. The van der Waals surface area contributed by atoms with E-state index in [1.807, 2.05) is 12.1 Å². The Hall–Kier alpha value is -3.44. The Morgan fingerprint density at radius 1 is 1.18 bits per heavy atom. The van der Waals surface area contributed by atoms with Gasteiger partial charge in [-0.3, -0.25) is 19.0 Å². The molecule has 1 aliphatic carbocycles. The molecule has 2 N–H and O–H groups in total. The molecule has 0 radical (unpaired) electrons. The smallest absolute Gasteiger partial charge is 0.259 e. The molecule has 5 heterocycles. The summed E-state index contributed by atoms with van der Waals surface area (Å²) in [5.41, 5.74) is 0.748. The standard InChI is InChI=1S/C27H30F2N6O3/c28-27(29)11-18(12-27)13-30-19-4-3-8-34(15-19)20-6-7-21(31-14-20)26(16-38-17-26)25(37)33-22-10-24(36)35-9-2-1-5-23(35)32-22/h1-2,5-7,9-10,14,18-19,30H,3-4,8,11-13,15-17H2,(H,33,37)/t19-/m1/s1. The maximum atomic E-state index is 13.3. The van der Waals surface area contributed by atoms with Gasteiger partial charge in [-0.1, -0.05) is 6.07 Å². The first-order valence-corrected chi connectivity index (χ1v) is 13.0. The number of halogens is 2. The second-order valence-corrected chi connectivity index (χ2v) is 10.7. The highest BCUT2D eigenvalue weighted by Crippen LogP contribution is 2.42. The van der Waals surface area contributed by atoms with E-state index in [2.05, 4.69) is 25.5 Å². The van der Waals surface area contributed by atoms with Crippen LogP contribution in [-0.4, -0.2) is 65.1 Å². The molecule has 1 atom stereocenters. The predicted octanol–water partition coefficient (Wildman–Crippen LogP) is 2.60. The zero-order valence-corrected chi connectivity index (χ0v) is 20.9. The lowest BCUT2D eigenvalue weighted by atomic mass is 9.81. The number of anilines is 2. The van der Waals surface area contributed by atoms with Crippen molar-refractivity contribution in [2.24, 2.45) is 5.92 Å². The van der Waals surface area contributed by atoms with Gasteiger partial charge in [-0.2, -0.15) is 0 Å². The summed E-state index contributed by atoms with van der Waals surface area (Å²) in [6.45, 7) is 2.67. The average Bonchev–Trinajstić information content (AvgIpc) is 2.86. The fraction of sp³-hybridized carbons (Fsp3) is 0.481. The zero-order valence-electron chi connectivity index (χ0n) is 20.9. The molecule has 9 nitrogen and oxygen atoms in total. The van der Waals surface area contributed by atoms with E-state index in [4.69, 9.17) is 4.74 Å².